The molecule has 120 valence electrons. The van der Waals surface area contributed by atoms with Gasteiger partial charge in [0.25, 0.3) is 0 Å². The Labute approximate surface area is 131 Å². The first kappa shape index (κ1) is 16.5. The largest absolute Gasteiger partial charge is 0.396 e. The minimum absolute atomic E-state index is 0.0313. The maximum absolute atomic E-state index is 12.4. The summed E-state index contributed by atoms with van der Waals surface area (Å²) in [6.45, 7) is 4.52. The smallest absolute Gasteiger partial charge is 0.313 e. The van der Waals surface area contributed by atoms with E-state index in [1.165, 1.54) is 0 Å². The van der Waals surface area contributed by atoms with Crippen molar-refractivity contribution < 1.29 is 14.7 Å². The number of carbonyl (C=O) groups excluding carboxylic acids is 2. The normalized spacial score (nSPS) is 18.1. The molecule has 0 saturated carbocycles. The maximum atomic E-state index is 12.4. The summed E-state index contributed by atoms with van der Waals surface area (Å²) in [6, 6.07) is 5.68. The number of rotatable bonds is 3. The summed E-state index contributed by atoms with van der Waals surface area (Å²) in [6.07, 6.45) is 3.32. The van der Waals surface area contributed by atoms with Crippen LogP contribution in [0.1, 0.15) is 36.8 Å². The van der Waals surface area contributed by atoms with Crippen LogP contribution in [0, 0.1) is 13.8 Å². The second kappa shape index (κ2) is 7.40. The molecule has 1 saturated heterocycles. The SMILES string of the molecule is Cc1cc(C)cc(NC(=O)C(=O)N2CCCCC2CCO)c1. The molecule has 2 N–H and O–H groups in total. The molecular formula is C17H24N2O3. The lowest BCUT2D eigenvalue weighted by Gasteiger charge is -2.35. The third-order valence-corrected chi connectivity index (χ3v) is 4.02. The molecule has 1 atom stereocenters. The Morgan fingerprint density at radius 3 is 2.55 bits per heavy atom. The highest BCUT2D eigenvalue weighted by molar-refractivity contribution is 6.39. The molecule has 0 spiro atoms. The predicted molar refractivity (Wildman–Crippen MR) is 85.6 cm³/mol. The fourth-order valence-corrected chi connectivity index (χ4v) is 3.08. The fourth-order valence-electron chi connectivity index (χ4n) is 3.08. The number of nitrogens with zero attached hydrogens (tertiary/aromatic N) is 1. The number of benzene rings is 1. The standard InChI is InChI=1S/C17H24N2O3/c1-12-9-13(2)11-14(10-12)18-16(21)17(22)19-7-4-3-5-15(19)6-8-20/h9-11,15,20H,3-8H2,1-2H3,(H,18,21). The van der Waals surface area contributed by atoms with Gasteiger partial charge in [-0.25, -0.2) is 0 Å². The lowest BCUT2D eigenvalue weighted by Crippen LogP contribution is -2.48. The summed E-state index contributed by atoms with van der Waals surface area (Å²) in [4.78, 5) is 26.2. The van der Waals surface area contributed by atoms with Gasteiger partial charge in [0, 0.05) is 24.9 Å². The van der Waals surface area contributed by atoms with Gasteiger partial charge in [-0.3, -0.25) is 9.59 Å². The molecule has 0 radical (unpaired) electrons. The summed E-state index contributed by atoms with van der Waals surface area (Å²) in [5.41, 5.74) is 2.73. The van der Waals surface area contributed by atoms with Gasteiger partial charge in [-0.2, -0.15) is 0 Å². The Kier molecular flexibility index (Phi) is 5.55. The number of piperidine rings is 1. The van der Waals surface area contributed by atoms with E-state index in [1.54, 1.807) is 4.90 Å². The molecule has 1 aliphatic heterocycles. The molecule has 2 rings (SSSR count). The number of anilines is 1. The summed E-state index contributed by atoms with van der Waals surface area (Å²) in [5.74, 6) is -1.10. The van der Waals surface area contributed by atoms with E-state index >= 15 is 0 Å². The van der Waals surface area contributed by atoms with Gasteiger partial charge in [-0.05, 0) is 62.8 Å². The number of likely N-dealkylation sites (tertiary alicyclic amines) is 1. The number of hydrogen-bond acceptors (Lipinski definition) is 3. The van der Waals surface area contributed by atoms with E-state index in [4.69, 9.17) is 5.11 Å². The molecule has 0 aromatic heterocycles. The molecule has 1 aliphatic rings. The summed E-state index contributed by atoms with van der Waals surface area (Å²) >= 11 is 0. The quantitative estimate of drug-likeness (QED) is 0.839. The Morgan fingerprint density at radius 1 is 1.23 bits per heavy atom. The minimum atomic E-state index is -0.602. The zero-order valence-corrected chi connectivity index (χ0v) is 13.3. The Bertz CT molecular complexity index is 535. The van der Waals surface area contributed by atoms with Crippen LogP contribution in [-0.4, -0.2) is 41.0 Å². The zero-order valence-electron chi connectivity index (χ0n) is 13.3. The number of aliphatic hydroxyl groups excluding tert-OH is 1. The molecule has 1 aromatic rings. The van der Waals surface area contributed by atoms with E-state index < -0.39 is 11.8 Å². The van der Waals surface area contributed by atoms with Crippen LogP contribution in [0.15, 0.2) is 18.2 Å². The number of amides is 2. The zero-order chi connectivity index (χ0) is 16.1. The van der Waals surface area contributed by atoms with Crippen molar-refractivity contribution in [3.8, 4) is 0 Å². The molecule has 1 aromatic carbocycles. The van der Waals surface area contributed by atoms with E-state index in [0.717, 1.165) is 30.4 Å². The predicted octanol–water partition coefficient (Wildman–Crippen LogP) is 2.01. The summed E-state index contributed by atoms with van der Waals surface area (Å²) in [5, 5.41) is 11.8. The van der Waals surface area contributed by atoms with Crippen LogP contribution in [0.3, 0.4) is 0 Å². The molecule has 0 bridgehead atoms. The van der Waals surface area contributed by atoms with Crippen molar-refractivity contribution in [1.29, 1.82) is 0 Å². The molecular weight excluding hydrogens is 280 g/mol. The van der Waals surface area contributed by atoms with E-state index in [0.29, 0.717) is 18.7 Å². The number of carbonyl (C=O) groups is 2. The van der Waals surface area contributed by atoms with Crippen LogP contribution in [-0.2, 0) is 9.59 Å². The molecule has 5 nitrogen and oxygen atoms in total. The van der Waals surface area contributed by atoms with Gasteiger partial charge >= 0.3 is 11.8 Å². The molecule has 1 heterocycles. The van der Waals surface area contributed by atoms with E-state index in [9.17, 15) is 9.59 Å². The van der Waals surface area contributed by atoms with Crippen molar-refractivity contribution in [2.45, 2.75) is 45.6 Å². The molecule has 1 unspecified atom stereocenters. The number of aryl methyl sites for hydroxylation is 2. The van der Waals surface area contributed by atoms with Crippen LogP contribution >= 0.6 is 0 Å². The topological polar surface area (TPSA) is 69.6 Å². The molecule has 0 aliphatic carbocycles. The number of aliphatic hydroxyl groups is 1. The first-order chi connectivity index (χ1) is 10.5. The molecule has 2 amide bonds. The number of nitrogens with one attached hydrogen (secondary N) is 1. The Balaban J connectivity index is 2.05. The van der Waals surface area contributed by atoms with Crippen LogP contribution in [0.2, 0.25) is 0 Å². The van der Waals surface area contributed by atoms with Crippen molar-refractivity contribution in [1.82, 2.24) is 4.90 Å². The highest BCUT2D eigenvalue weighted by atomic mass is 16.3. The number of hydrogen-bond donors (Lipinski definition) is 2. The van der Waals surface area contributed by atoms with Gasteiger partial charge in [0.05, 0.1) is 0 Å². The van der Waals surface area contributed by atoms with Crippen LogP contribution in [0.5, 0.6) is 0 Å². The minimum Gasteiger partial charge on any atom is -0.396 e. The van der Waals surface area contributed by atoms with Gasteiger partial charge in [-0.1, -0.05) is 6.07 Å². The molecule has 22 heavy (non-hydrogen) atoms. The van der Waals surface area contributed by atoms with E-state index in [2.05, 4.69) is 5.32 Å². The van der Waals surface area contributed by atoms with E-state index in [1.807, 2.05) is 32.0 Å². The van der Waals surface area contributed by atoms with Gasteiger partial charge in [0.15, 0.2) is 0 Å². The summed E-state index contributed by atoms with van der Waals surface area (Å²) < 4.78 is 0. The average Bonchev–Trinajstić information content (AvgIpc) is 2.46. The van der Waals surface area contributed by atoms with Crippen molar-refractivity contribution in [2.75, 3.05) is 18.5 Å². The lowest BCUT2D eigenvalue weighted by atomic mass is 9.99. The van der Waals surface area contributed by atoms with Crippen molar-refractivity contribution in [3.05, 3.63) is 29.3 Å². The first-order valence-electron chi connectivity index (χ1n) is 7.82. The van der Waals surface area contributed by atoms with Crippen LogP contribution in [0.4, 0.5) is 5.69 Å². The first-order valence-corrected chi connectivity index (χ1v) is 7.82. The fraction of sp³-hybridized carbons (Fsp3) is 0.529. The van der Waals surface area contributed by atoms with Gasteiger partial charge in [-0.15, -0.1) is 0 Å². The Morgan fingerprint density at radius 2 is 1.91 bits per heavy atom. The maximum Gasteiger partial charge on any atom is 0.313 e. The lowest BCUT2D eigenvalue weighted by molar-refractivity contribution is -0.146. The van der Waals surface area contributed by atoms with Gasteiger partial charge in [0.1, 0.15) is 0 Å². The highest BCUT2D eigenvalue weighted by Crippen LogP contribution is 2.20. The second-order valence-corrected chi connectivity index (χ2v) is 5.99. The third kappa shape index (κ3) is 4.07. The second-order valence-electron chi connectivity index (χ2n) is 5.99. The Hall–Kier alpha value is -1.88. The van der Waals surface area contributed by atoms with Crippen LogP contribution in [0.25, 0.3) is 0 Å². The monoisotopic (exact) mass is 304 g/mol. The van der Waals surface area contributed by atoms with Crippen LogP contribution < -0.4 is 5.32 Å². The van der Waals surface area contributed by atoms with Crippen molar-refractivity contribution in [3.63, 3.8) is 0 Å². The highest BCUT2D eigenvalue weighted by Gasteiger charge is 2.30. The average molecular weight is 304 g/mol. The molecule has 1 fully saturated rings. The molecule has 5 heteroatoms. The van der Waals surface area contributed by atoms with Crippen molar-refractivity contribution >= 4 is 17.5 Å². The van der Waals surface area contributed by atoms with Gasteiger partial charge in [0.2, 0.25) is 0 Å². The van der Waals surface area contributed by atoms with E-state index in [-0.39, 0.29) is 12.6 Å². The van der Waals surface area contributed by atoms with Gasteiger partial charge < -0.3 is 15.3 Å². The third-order valence-electron chi connectivity index (χ3n) is 4.02. The van der Waals surface area contributed by atoms with Crippen molar-refractivity contribution in [2.24, 2.45) is 0 Å². The summed E-state index contributed by atoms with van der Waals surface area (Å²) in [7, 11) is 0.